The zero-order valence-corrected chi connectivity index (χ0v) is 17.1. The van der Waals surface area contributed by atoms with E-state index in [9.17, 15) is 14.9 Å². The van der Waals surface area contributed by atoms with E-state index >= 15 is 0 Å². The molecule has 1 amide bonds. The number of hydrogen-bond donors (Lipinski definition) is 1. The first-order chi connectivity index (χ1) is 15.0. The number of nitrogens with one attached hydrogen (secondary N) is 1. The second-order valence-corrected chi connectivity index (χ2v) is 7.28. The third kappa shape index (κ3) is 4.61. The van der Waals surface area contributed by atoms with E-state index in [4.69, 9.17) is 0 Å². The first-order valence-electron chi connectivity index (χ1n) is 9.94. The van der Waals surface area contributed by atoms with Crippen LogP contribution in [0.1, 0.15) is 15.9 Å². The van der Waals surface area contributed by atoms with Crippen molar-refractivity contribution in [3.05, 3.63) is 82.2 Å². The van der Waals surface area contributed by atoms with E-state index in [1.165, 1.54) is 18.1 Å². The lowest BCUT2D eigenvalue weighted by Gasteiger charge is -2.36. The van der Waals surface area contributed by atoms with Crippen LogP contribution >= 0.6 is 0 Å². The fourth-order valence-electron chi connectivity index (χ4n) is 3.56. The highest BCUT2D eigenvalue weighted by Crippen LogP contribution is 2.22. The van der Waals surface area contributed by atoms with Gasteiger partial charge in [-0.05, 0) is 25.1 Å². The number of anilines is 3. The van der Waals surface area contributed by atoms with Crippen LogP contribution in [-0.4, -0.2) is 47.0 Å². The summed E-state index contributed by atoms with van der Waals surface area (Å²) in [5.41, 5.74) is 1.81. The van der Waals surface area contributed by atoms with Crippen molar-refractivity contribution in [2.75, 3.05) is 41.3 Å². The Balaban J connectivity index is 1.43. The molecule has 1 N–H and O–H groups in total. The lowest BCUT2D eigenvalue weighted by molar-refractivity contribution is -0.385. The number of nitrogens with zero attached hydrogens (tertiary/aromatic N) is 5. The molecule has 0 spiro atoms. The van der Waals surface area contributed by atoms with Crippen molar-refractivity contribution in [2.45, 2.75) is 6.92 Å². The van der Waals surface area contributed by atoms with Crippen LogP contribution in [0.2, 0.25) is 0 Å². The number of rotatable bonds is 5. The topological polar surface area (TPSA) is 104 Å². The summed E-state index contributed by atoms with van der Waals surface area (Å²) < 4.78 is 0. The second-order valence-electron chi connectivity index (χ2n) is 7.28. The number of aromatic nitrogens is 2. The van der Waals surface area contributed by atoms with Gasteiger partial charge in [0.25, 0.3) is 11.6 Å². The van der Waals surface area contributed by atoms with Gasteiger partial charge >= 0.3 is 0 Å². The largest absolute Gasteiger partial charge is 0.368 e. The molecule has 2 heterocycles. The third-order valence-corrected chi connectivity index (χ3v) is 5.29. The normalized spacial score (nSPS) is 13.7. The molecule has 2 aromatic carbocycles. The Kier molecular flexibility index (Phi) is 5.74. The van der Waals surface area contributed by atoms with E-state index < -0.39 is 10.8 Å². The van der Waals surface area contributed by atoms with Gasteiger partial charge in [-0.25, -0.2) is 9.97 Å². The van der Waals surface area contributed by atoms with Gasteiger partial charge in [-0.15, -0.1) is 0 Å². The number of piperazine rings is 1. The number of amides is 1. The lowest BCUT2D eigenvalue weighted by atomic mass is 10.1. The number of hydrogen-bond acceptors (Lipinski definition) is 7. The summed E-state index contributed by atoms with van der Waals surface area (Å²) in [5, 5.41) is 13.8. The minimum atomic E-state index is -0.496. The first-order valence-corrected chi connectivity index (χ1v) is 9.94. The van der Waals surface area contributed by atoms with Gasteiger partial charge in [-0.1, -0.05) is 24.3 Å². The summed E-state index contributed by atoms with van der Waals surface area (Å²) in [4.78, 5) is 36.1. The fraction of sp³-hybridized carbons (Fsp3) is 0.227. The van der Waals surface area contributed by atoms with Gasteiger partial charge in [-0.2, -0.15) is 0 Å². The standard InChI is InChI=1S/C22H22N6O3/c1-16-7-8-17(13-19(16)28(30)31)22(29)25-20-14-21(24-15-23-20)27-11-9-26(10-12-27)18-5-3-2-4-6-18/h2-8,13-15H,9-12H2,1H3,(H,23,24,25,29). The predicted molar refractivity (Wildman–Crippen MR) is 119 cm³/mol. The summed E-state index contributed by atoms with van der Waals surface area (Å²) >= 11 is 0. The van der Waals surface area contributed by atoms with Crippen molar-refractivity contribution in [1.29, 1.82) is 0 Å². The zero-order valence-electron chi connectivity index (χ0n) is 17.1. The lowest BCUT2D eigenvalue weighted by Crippen LogP contribution is -2.46. The van der Waals surface area contributed by atoms with E-state index in [-0.39, 0.29) is 11.3 Å². The molecule has 0 atom stereocenters. The molecule has 4 rings (SSSR count). The SMILES string of the molecule is Cc1ccc(C(=O)Nc2cc(N3CCN(c4ccccc4)CC3)ncn2)cc1[N+](=O)[O-]. The van der Waals surface area contributed by atoms with Gasteiger partial charge < -0.3 is 15.1 Å². The Morgan fingerprint density at radius 1 is 1.00 bits per heavy atom. The molecule has 9 heteroatoms. The Bertz CT molecular complexity index is 1100. The number of aryl methyl sites for hydroxylation is 1. The van der Waals surface area contributed by atoms with E-state index in [1.807, 2.05) is 18.2 Å². The van der Waals surface area contributed by atoms with Crippen molar-refractivity contribution < 1.29 is 9.72 Å². The van der Waals surface area contributed by atoms with E-state index in [2.05, 4.69) is 37.2 Å². The van der Waals surface area contributed by atoms with Gasteiger partial charge in [0.05, 0.1) is 4.92 Å². The molecular weight excluding hydrogens is 396 g/mol. The van der Waals surface area contributed by atoms with Crippen molar-refractivity contribution in [3.8, 4) is 0 Å². The maximum atomic E-state index is 12.6. The maximum absolute atomic E-state index is 12.6. The number of carbonyl (C=O) groups excluding carboxylic acids is 1. The minimum Gasteiger partial charge on any atom is -0.368 e. The van der Waals surface area contributed by atoms with Crippen LogP contribution in [0.15, 0.2) is 60.9 Å². The molecule has 1 aliphatic heterocycles. The Hall–Kier alpha value is -4.01. The number of benzene rings is 2. The van der Waals surface area contributed by atoms with Crippen LogP contribution in [0.3, 0.4) is 0 Å². The average Bonchev–Trinajstić information content (AvgIpc) is 2.80. The van der Waals surface area contributed by atoms with Crippen LogP contribution in [0.4, 0.5) is 23.0 Å². The Labute approximate surface area is 179 Å². The molecule has 0 bridgehead atoms. The van der Waals surface area contributed by atoms with Crippen molar-refractivity contribution >= 4 is 28.9 Å². The molecule has 0 aliphatic carbocycles. The monoisotopic (exact) mass is 418 g/mol. The molecule has 1 saturated heterocycles. The number of nitro groups is 1. The first kappa shape index (κ1) is 20.3. The van der Waals surface area contributed by atoms with Crippen LogP contribution in [0, 0.1) is 17.0 Å². The number of nitro benzene ring substituents is 1. The molecule has 158 valence electrons. The molecule has 31 heavy (non-hydrogen) atoms. The van der Waals surface area contributed by atoms with Crippen LogP contribution in [0.25, 0.3) is 0 Å². The third-order valence-electron chi connectivity index (χ3n) is 5.29. The maximum Gasteiger partial charge on any atom is 0.273 e. The number of carbonyl (C=O) groups is 1. The zero-order chi connectivity index (χ0) is 21.8. The van der Waals surface area contributed by atoms with Crippen LogP contribution in [-0.2, 0) is 0 Å². The molecular formula is C22H22N6O3. The quantitative estimate of drug-likeness (QED) is 0.501. The number of para-hydroxylation sites is 1. The summed E-state index contributed by atoms with van der Waals surface area (Å²) in [6.45, 7) is 4.95. The molecule has 1 aliphatic rings. The fourth-order valence-corrected chi connectivity index (χ4v) is 3.56. The predicted octanol–water partition coefficient (Wildman–Crippen LogP) is 3.27. The molecule has 1 fully saturated rings. The average molecular weight is 418 g/mol. The van der Waals surface area contributed by atoms with Crippen molar-refractivity contribution in [3.63, 3.8) is 0 Å². The van der Waals surface area contributed by atoms with Gasteiger partial charge in [-0.3, -0.25) is 14.9 Å². The van der Waals surface area contributed by atoms with E-state index in [1.54, 1.807) is 25.1 Å². The van der Waals surface area contributed by atoms with Crippen molar-refractivity contribution in [1.82, 2.24) is 9.97 Å². The molecule has 0 radical (unpaired) electrons. The molecule has 1 aromatic heterocycles. The van der Waals surface area contributed by atoms with Gasteiger partial charge in [0.2, 0.25) is 0 Å². The molecule has 9 nitrogen and oxygen atoms in total. The summed E-state index contributed by atoms with van der Waals surface area (Å²) in [6, 6.07) is 16.4. The highest BCUT2D eigenvalue weighted by molar-refractivity contribution is 6.04. The summed E-state index contributed by atoms with van der Waals surface area (Å²) in [6.07, 6.45) is 1.41. The molecule has 0 saturated carbocycles. The van der Waals surface area contributed by atoms with Crippen LogP contribution < -0.4 is 15.1 Å². The highest BCUT2D eigenvalue weighted by atomic mass is 16.6. The van der Waals surface area contributed by atoms with Gasteiger partial charge in [0.15, 0.2) is 0 Å². The smallest absolute Gasteiger partial charge is 0.273 e. The van der Waals surface area contributed by atoms with Crippen molar-refractivity contribution in [2.24, 2.45) is 0 Å². The van der Waals surface area contributed by atoms with Gasteiger partial charge in [0.1, 0.15) is 18.0 Å². The Morgan fingerprint density at radius 2 is 1.71 bits per heavy atom. The second kappa shape index (κ2) is 8.78. The highest BCUT2D eigenvalue weighted by Gasteiger charge is 2.20. The Morgan fingerprint density at radius 3 is 2.42 bits per heavy atom. The van der Waals surface area contributed by atoms with E-state index in [0.717, 1.165) is 32.0 Å². The summed E-state index contributed by atoms with van der Waals surface area (Å²) in [5.74, 6) is 0.623. The van der Waals surface area contributed by atoms with Gasteiger partial charge in [0, 0.05) is 55.1 Å². The molecule has 0 unspecified atom stereocenters. The summed E-state index contributed by atoms with van der Waals surface area (Å²) in [7, 11) is 0. The molecule has 3 aromatic rings. The van der Waals surface area contributed by atoms with E-state index in [0.29, 0.717) is 11.4 Å². The van der Waals surface area contributed by atoms with Crippen LogP contribution in [0.5, 0.6) is 0 Å². The minimum absolute atomic E-state index is 0.0905.